The Bertz CT molecular complexity index is 1160. The third-order valence-corrected chi connectivity index (χ3v) is 7.25. The topological polar surface area (TPSA) is 86.0 Å². The Morgan fingerprint density at radius 3 is 2.68 bits per heavy atom. The van der Waals surface area contributed by atoms with Crippen LogP contribution in [0.5, 0.6) is 0 Å². The molecule has 0 saturated heterocycles. The Morgan fingerprint density at radius 1 is 1.25 bits per heavy atom. The van der Waals surface area contributed by atoms with Crippen molar-refractivity contribution in [1.82, 2.24) is 19.1 Å². The molecule has 1 saturated carbocycles. The molecular weight excluding hydrogens is 396 g/mol. The van der Waals surface area contributed by atoms with E-state index >= 15 is 0 Å². The number of nitrogens with one attached hydrogen (secondary N) is 1. The summed E-state index contributed by atoms with van der Waals surface area (Å²) in [5, 5.41) is 6.43. The van der Waals surface area contributed by atoms with Gasteiger partial charge in [-0.2, -0.15) is 0 Å². The molecule has 1 aromatic carbocycles. The van der Waals surface area contributed by atoms with Crippen LogP contribution in [0.25, 0.3) is 10.7 Å². The Morgan fingerprint density at radius 2 is 2.04 bits per heavy atom. The van der Waals surface area contributed by atoms with Crippen molar-refractivity contribution in [3.05, 3.63) is 57.3 Å². The zero-order valence-electron chi connectivity index (χ0n) is 15.8. The van der Waals surface area contributed by atoms with Crippen LogP contribution in [0.3, 0.4) is 0 Å². The first-order chi connectivity index (χ1) is 13.4. The zero-order valence-corrected chi connectivity index (χ0v) is 17.4. The van der Waals surface area contributed by atoms with Crippen molar-refractivity contribution in [2.24, 2.45) is 0 Å². The number of thiophene rings is 1. The van der Waals surface area contributed by atoms with Crippen LogP contribution in [0.2, 0.25) is 0 Å². The molecule has 0 amide bonds. The van der Waals surface area contributed by atoms with Gasteiger partial charge in [-0.15, -0.1) is 16.4 Å². The highest BCUT2D eigenvalue weighted by molar-refractivity contribution is 7.89. The summed E-state index contributed by atoms with van der Waals surface area (Å²) < 4.78 is 30.9. The molecule has 0 spiro atoms. The maximum absolute atomic E-state index is 12.8. The van der Waals surface area contributed by atoms with E-state index in [9.17, 15) is 13.2 Å². The average molecular weight is 419 g/mol. The smallest absolute Gasteiger partial charge is 0.271 e. The van der Waals surface area contributed by atoms with Crippen LogP contribution < -0.4 is 10.4 Å². The molecule has 2 heterocycles. The van der Waals surface area contributed by atoms with Crippen molar-refractivity contribution in [2.45, 2.75) is 44.2 Å². The van der Waals surface area contributed by atoms with Gasteiger partial charge >= 0.3 is 5.69 Å². The van der Waals surface area contributed by atoms with E-state index in [2.05, 4.69) is 9.82 Å². The van der Waals surface area contributed by atoms with Crippen LogP contribution >= 0.6 is 11.3 Å². The molecule has 9 heteroatoms. The van der Waals surface area contributed by atoms with Crippen molar-refractivity contribution in [2.75, 3.05) is 6.54 Å². The monoisotopic (exact) mass is 418 g/mol. The Hall–Kier alpha value is -2.23. The summed E-state index contributed by atoms with van der Waals surface area (Å²) in [7, 11) is -3.64. The SMILES string of the molecule is Cc1ccc(S(=O)(=O)NCCn2nc(-c3cccs3)n(C3CC3)c2=O)c(C)c1. The lowest BCUT2D eigenvalue weighted by molar-refractivity contribution is 0.546. The van der Waals surface area contributed by atoms with Crippen LogP contribution in [0.15, 0.2) is 45.4 Å². The summed E-state index contributed by atoms with van der Waals surface area (Å²) in [6.45, 7) is 3.98. The molecule has 1 N–H and O–H groups in total. The molecule has 3 aromatic rings. The van der Waals surface area contributed by atoms with E-state index < -0.39 is 10.0 Å². The number of hydrogen-bond acceptors (Lipinski definition) is 5. The van der Waals surface area contributed by atoms with Crippen LogP contribution in [0.1, 0.15) is 30.0 Å². The highest BCUT2D eigenvalue weighted by atomic mass is 32.2. The number of nitrogens with zero attached hydrogens (tertiary/aromatic N) is 3. The van der Waals surface area contributed by atoms with Gasteiger partial charge < -0.3 is 0 Å². The van der Waals surface area contributed by atoms with E-state index in [1.807, 2.05) is 30.5 Å². The van der Waals surface area contributed by atoms with E-state index in [0.717, 1.165) is 23.3 Å². The van der Waals surface area contributed by atoms with Crippen LogP contribution in [-0.4, -0.2) is 29.3 Å². The maximum atomic E-state index is 12.8. The molecule has 1 aliphatic carbocycles. The second kappa shape index (κ2) is 7.31. The molecule has 1 fully saturated rings. The minimum absolute atomic E-state index is 0.0983. The van der Waals surface area contributed by atoms with Gasteiger partial charge in [-0.25, -0.2) is 22.6 Å². The fourth-order valence-electron chi connectivity index (χ4n) is 3.27. The molecule has 148 valence electrons. The van der Waals surface area contributed by atoms with Crippen molar-refractivity contribution < 1.29 is 8.42 Å². The van der Waals surface area contributed by atoms with Gasteiger partial charge in [0.15, 0.2) is 5.82 Å². The minimum Gasteiger partial charge on any atom is -0.271 e. The Balaban J connectivity index is 1.53. The standard InChI is InChI=1S/C19H22N4O3S2/c1-13-5-8-17(14(2)12-13)28(25,26)20-9-10-22-19(24)23(15-6-7-15)18(21-22)16-4-3-11-27-16/h3-5,8,11-12,15,20H,6-7,9-10H2,1-2H3. The summed E-state index contributed by atoms with van der Waals surface area (Å²) in [5.41, 5.74) is 1.52. The van der Waals surface area contributed by atoms with Gasteiger partial charge in [-0.05, 0) is 49.8 Å². The van der Waals surface area contributed by atoms with Crippen molar-refractivity contribution in [3.8, 4) is 10.7 Å². The molecule has 1 aliphatic rings. The number of hydrogen-bond donors (Lipinski definition) is 1. The first kappa shape index (κ1) is 19.1. The van der Waals surface area contributed by atoms with E-state index in [0.29, 0.717) is 11.4 Å². The number of benzene rings is 1. The van der Waals surface area contributed by atoms with Crippen molar-refractivity contribution >= 4 is 21.4 Å². The predicted octanol–water partition coefficient (Wildman–Crippen LogP) is 2.70. The van der Waals surface area contributed by atoms with Gasteiger partial charge in [0.2, 0.25) is 10.0 Å². The Kier molecular flexibility index (Phi) is 4.98. The van der Waals surface area contributed by atoms with Crippen LogP contribution in [0, 0.1) is 13.8 Å². The molecule has 0 bridgehead atoms. The average Bonchev–Trinajstić information content (AvgIpc) is 3.20. The second-order valence-electron chi connectivity index (χ2n) is 7.07. The summed E-state index contributed by atoms with van der Waals surface area (Å²) in [4.78, 5) is 14.0. The molecule has 28 heavy (non-hydrogen) atoms. The number of aromatic nitrogens is 3. The molecule has 0 atom stereocenters. The van der Waals surface area contributed by atoms with Gasteiger partial charge in [0.1, 0.15) is 0 Å². The number of rotatable bonds is 7. The quantitative estimate of drug-likeness (QED) is 0.639. The van der Waals surface area contributed by atoms with Crippen LogP contribution in [-0.2, 0) is 16.6 Å². The lowest BCUT2D eigenvalue weighted by atomic mass is 10.2. The van der Waals surface area contributed by atoms with E-state index in [1.54, 1.807) is 23.6 Å². The third-order valence-electron chi connectivity index (χ3n) is 4.76. The molecule has 0 unspecified atom stereocenters. The van der Waals surface area contributed by atoms with Crippen molar-refractivity contribution in [3.63, 3.8) is 0 Å². The minimum atomic E-state index is -3.64. The summed E-state index contributed by atoms with van der Waals surface area (Å²) >= 11 is 1.54. The zero-order chi connectivity index (χ0) is 19.9. The molecule has 0 aliphatic heterocycles. The van der Waals surface area contributed by atoms with E-state index in [-0.39, 0.29) is 29.7 Å². The van der Waals surface area contributed by atoms with Gasteiger partial charge in [0, 0.05) is 12.6 Å². The molecular formula is C19H22N4O3S2. The Labute approximate surface area is 167 Å². The summed E-state index contributed by atoms with van der Waals surface area (Å²) in [5.74, 6) is 0.666. The van der Waals surface area contributed by atoms with Crippen LogP contribution in [0.4, 0.5) is 0 Å². The van der Waals surface area contributed by atoms with E-state index in [1.165, 1.54) is 16.0 Å². The molecule has 0 radical (unpaired) electrons. The number of sulfonamides is 1. The fourth-order valence-corrected chi connectivity index (χ4v) is 5.22. The van der Waals surface area contributed by atoms with Gasteiger partial charge in [-0.3, -0.25) is 4.57 Å². The normalized spacial score (nSPS) is 14.5. The fraction of sp³-hybridized carbons (Fsp3) is 0.368. The first-order valence-corrected chi connectivity index (χ1v) is 11.5. The second-order valence-corrected chi connectivity index (χ2v) is 9.76. The van der Waals surface area contributed by atoms with Gasteiger partial charge in [0.25, 0.3) is 0 Å². The van der Waals surface area contributed by atoms with Crippen molar-refractivity contribution in [1.29, 1.82) is 0 Å². The molecule has 7 nitrogen and oxygen atoms in total. The summed E-state index contributed by atoms with van der Waals surface area (Å²) in [6.07, 6.45) is 1.95. The first-order valence-electron chi connectivity index (χ1n) is 9.17. The highest BCUT2D eigenvalue weighted by Gasteiger charge is 2.30. The molecule has 2 aromatic heterocycles. The lowest BCUT2D eigenvalue weighted by Crippen LogP contribution is -2.32. The largest absolute Gasteiger partial charge is 0.346 e. The predicted molar refractivity (Wildman–Crippen MR) is 109 cm³/mol. The number of aryl methyl sites for hydroxylation is 2. The third kappa shape index (κ3) is 3.69. The molecule has 4 rings (SSSR count). The maximum Gasteiger partial charge on any atom is 0.346 e. The van der Waals surface area contributed by atoms with Gasteiger partial charge in [0.05, 0.1) is 16.3 Å². The summed E-state index contributed by atoms with van der Waals surface area (Å²) in [6, 6.07) is 9.29. The lowest BCUT2D eigenvalue weighted by Gasteiger charge is -2.09. The van der Waals surface area contributed by atoms with E-state index in [4.69, 9.17) is 0 Å². The van der Waals surface area contributed by atoms with Gasteiger partial charge in [-0.1, -0.05) is 23.8 Å². The highest BCUT2D eigenvalue weighted by Crippen LogP contribution is 2.37.